The van der Waals surface area contributed by atoms with Crippen LogP contribution in [-0.4, -0.2) is 23.7 Å². The fourth-order valence-corrected chi connectivity index (χ4v) is 0.922. The first-order chi connectivity index (χ1) is 7.38. The lowest BCUT2D eigenvalue weighted by molar-refractivity contribution is -0.184. The van der Waals surface area contributed by atoms with E-state index in [-0.39, 0.29) is 5.56 Å². The lowest BCUT2D eigenvalue weighted by Gasteiger charge is -2.08. The number of carbonyl (C=O) groups is 1. The number of nitrogens with one attached hydrogen (secondary N) is 1. The van der Waals surface area contributed by atoms with Crippen LogP contribution in [-0.2, 0) is 4.84 Å². The lowest BCUT2D eigenvalue weighted by atomic mass is 10.2. The zero-order valence-corrected chi connectivity index (χ0v) is 8.34. The Bertz CT molecular complexity index is 379. The van der Waals surface area contributed by atoms with E-state index in [9.17, 15) is 18.0 Å². The predicted octanol–water partition coefficient (Wildman–Crippen LogP) is 1.61. The highest BCUT2D eigenvalue weighted by molar-refractivity contribution is 5.93. The van der Waals surface area contributed by atoms with Crippen molar-refractivity contribution in [3.63, 3.8) is 0 Å². The maximum absolute atomic E-state index is 11.7. The van der Waals surface area contributed by atoms with Crippen molar-refractivity contribution in [3.05, 3.63) is 29.6 Å². The van der Waals surface area contributed by atoms with Gasteiger partial charge < -0.3 is 0 Å². The van der Waals surface area contributed by atoms with Gasteiger partial charge in [-0.1, -0.05) is 0 Å². The molecule has 0 aromatic carbocycles. The highest BCUT2D eigenvalue weighted by Crippen LogP contribution is 2.13. The molecule has 1 N–H and O–H groups in total. The summed E-state index contributed by atoms with van der Waals surface area (Å²) < 4.78 is 35.1. The largest absolute Gasteiger partial charge is 0.414 e. The van der Waals surface area contributed by atoms with Crippen LogP contribution in [0.4, 0.5) is 13.2 Å². The maximum Gasteiger partial charge on any atom is 0.414 e. The van der Waals surface area contributed by atoms with Gasteiger partial charge in [-0.15, -0.1) is 0 Å². The number of amides is 1. The minimum atomic E-state index is -4.47. The molecule has 1 heterocycles. The standard InChI is InChI=1S/C9H9F3N2O2/c1-6-2-7(4-13-3-6)8(15)14-16-5-9(10,11)12/h2-4H,5H2,1H3,(H,14,15). The van der Waals surface area contributed by atoms with Gasteiger partial charge in [0.1, 0.15) is 0 Å². The van der Waals surface area contributed by atoms with Gasteiger partial charge in [0, 0.05) is 12.4 Å². The Morgan fingerprint density at radius 1 is 1.50 bits per heavy atom. The first-order valence-corrected chi connectivity index (χ1v) is 4.29. The third-order valence-electron chi connectivity index (χ3n) is 1.54. The first-order valence-electron chi connectivity index (χ1n) is 4.29. The highest BCUT2D eigenvalue weighted by atomic mass is 19.4. The molecule has 1 rings (SSSR count). The molecule has 0 fully saturated rings. The topological polar surface area (TPSA) is 51.2 Å². The second-order valence-electron chi connectivity index (χ2n) is 3.09. The van der Waals surface area contributed by atoms with Crippen molar-refractivity contribution in [3.8, 4) is 0 Å². The maximum atomic E-state index is 11.7. The van der Waals surface area contributed by atoms with E-state index in [1.165, 1.54) is 18.5 Å². The quantitative estimate of drug-likeness (QED) is 0.808. The van der Waals surface area contributed by atoms with Gasteiger partial charge in [0.05, 0.1) is 5.56 Å². The number of hydrogen-bond donors (Lipinski definition) is 1. The molecule has 88 valence electrons. The average molecular weight is 234 g/mol. The van der Waals surface area contributed by atoms with E-state index in [2.05, 4.69) is 9.82 Å². The summed E-state index contributed by atoms with van der Waals surface area (Å²) in [6.45, 7) is 0.179. The van der Waals surface area contributed by atoms with Crippen molar-refractivity contribution >= 4 is 5.91 Å². The zero-order chi connectivity index (χ0) is 12.2. The van der Waals surface area contributed by atoms with E-state index in [1.54, 1.807) is 12.4 Å². The second kappa shape index (κ2) is 4.93. The smallest absolute Gasteiger partial charge is 0.267 e. The number of carbonyl (C=O) groups excluding carboxylic acids is 1. The Kier molecular flexibility index (Phi) is 3.83. The molecule has 1 aromatic rings. The summed E-state index contributed by atoms with van der Waals surface area (Å²) in [7, 11) is 0. The van der Waals surface area contributed by atoms with E-state index in [1.807, 2.05) is 0 Å². The van der Waals surface area contributed by atoms with Crippen molar-refractivity contribution in [1.82, 2.24) is 10.5 Å². The first kappa shape index (κ1) is 12.4. The summed E-state index contributed by atoms with van der Waals surface area (Å²) in [4.78, 5) is 19.0. The zero-order valence-electron chi connectivity index (χ0n) is 8.34. The van der Waals surface area contributed by atoms with Gasteiger partial charge in [-0.2, -0.15) is 13.2 Å². The van der Waals surface area contributed by atoms with E-state index >= 15 is 0 Å². The van der Waals surface area contributed by atoms with Crippen molar-refractivity contribution in [2.24, 2.45) is 0 Å². The van der Waals surface area contributed by atoms with Gasteiger partial charge in [-0.05, 0) is 18.6 Å². The number of hydroxylamine groups is 1. The number of pyridine rings is 1. The molecule has 0 spiro atoms. The minimum absolute atomic E-state index is 0.141. The number of nitrogens with zero attached hydrogens (tertiary/aromatic N) is 1. The van der Waals surface area contributed by atoms with E-state index < -0.39 is 18.7 Å². The summed E-state index contributed by atoms with van der Waals surface area (Å²) in [5, 5.41) is 0. The molecule has 0 bridgehead atoms. The summed E-state index contributed by atoms with van der Waals surface area (Å²) in [6.07, 6.45) is -1.72. The molecule has 0 saturated carbocycles. The highest BCUT2D eigenvalue weighted by Gasteiger charge is 2.28. The van der Waals surface area contributed by atoms with Crippen molar-refractivity contribution in [2.45, 2.75) is 13.1 Å². The average Bonchev–Trinajstić information content (AvgIpc) is 2.15. The number of halogens is 3. The predicted molar refractivity (Wildman–Crippen MR) is 48.4 cm³/mol. The normalized spacial score (nSPS) is 11.2. The number of aryl methyl sites for hydroxylation is 1. The van der Waals surface area contributed by atoms with Crippen molar-refractivity contribution in [2.75, 3.05) is 6.61 Å². The summed E-state index contributed by atoms with van der Waals surface area (Å²) in [6, 6.07) is 1.49. The fourth-order valence-electron chi connectivity index (χ4n) is 0.922. The van der Waals surface area contributed by atoms with Crippen LogP contribution >= 0.6 is 0 Å². The van der Waals surface area contributed by atoms with Gasteiger partial charge in [0.2, 0.25) is 0 Å². The summed E-state index contributed by atoms with van der Waals surface area (Å²) >= 11 is 0. The molecule has 1 amide bonds. The van der Waals surface area contributed by atoms with Crippen LogP contribution in [0.2, 0.25) is 0 Å². The van der Waals surface area contributed by atoms with Crippen LogP contribution < -0.4 is 5.48 Å². The second-order valence-corrected chi connectivity index (χ2v) is 3.09. The number of aromatic nitrogens is 1. The Morgan fingerprint density at radius 3 is 2.75 bits per heavy atom. The molecular formula is C9H9F3N2O2. The van der Waals surface area contributed by atoms with Crippen LogP contribution in [0.3, 0.4) is 0 Å². The molecule has 0 atom stereocenters. The molecule has 16 heavy (non-hydrogen) atoms. The van der Waals surface area contributed by atoms with Crippen LogP contribution in [0.5, 0.6) is 0 Å². The number of alkyl halides is 3. The Labute approximate surface area is 89.4 Å². The Hall–Kier alpha value is -1.63. The van der Waals surface area contributed by atoms with Crippen molar-refractivity contribution in [1.29, 1.82) is 0 Å². The molecule has 0 saturated heterocycles. The van der Waals surface area contributed by atoms with Gasteiger partial charge in [0.15, 0.2) is 6.61 Å². The van der Waals surface area contributed by atoms with Crippen LogP contribution in [0.15, 0.2) is 18.5 Å². The summed E-state index contributed by atoms with van der Waals surface area (Å²) in [5.74, 6) is -0.763. The molecular weight excluding hydrogens is 225 g/mol. The van der Waals surface area contributed by atoms with Crippen molar-refractivity contribution < 1.29 is 22.8 Å². The molecule has 0 aliphatic carbocycles. The van der Waals surface area contributed by atoms with E-state index in [4.69, 9.17) is 0 Å². The third kappa shape index (κ3) is 4.26. The number of rotatable bonds is 3. The van der Waals surface area contributed by atoms with Gasteiger partial charge in [-0.3, -0.25) is 14.6 Å². The Morgan fingerprint density at radius 2 is 2.19 bits per heavy atom. The SMILES string of the molecule is Cc1cncc(C(=O)NOCC(F)(F)F)c1. The van der Waals surface area contributed by atoms with Crippen LogP contribution in [0.25, 0.3) is 0 Å². The molecule has 7 heteroatoms. The third-order valence-corrected chi connectivity index (χ3v) is 1.54. The van der Waals surface area contributed by atoms with Crippen LogP contribution in [0.1, 0.15) is 15.9 Å². The molecule has 0 aliphatic heterocycles. The molecule has 0 aliphatic rings. The van der Waals surface area contributed by atoms with Gasteiger partial charge in [0.25, 0.3) is 5.91 Å². The van der Waals surface area contributed by atoms with Gasteiger partial charge in [-0.25, -0.2) is 5.48 Å². The number of hydrogen-bond acceptors (Lipinski definition) is 3. The lowest BCUT2D eigenvalue weighted by Crippen LogP contribution is -2.29. The fraction of sp³-hybridized carbons (Fsp3) is 0.333. The van der Waals surface area contributed by atoms with Gasteiger partial charge >= 0.3 is 6.18 Å². The van der Waals surface area contributed by atoms with E-state index in [0.717, 1.165) is 5.56 Å². The molecule has 1 aromatic heterocycles. The molecule has 0 unspecified atom stereocenters. The van der Waals surface area contributed by atoms with Crippen LogP contribution in [0, 0.1) is 6.92 Å². The summed E-state index contributed by atoms with van der Waals surface area (Å²) in [5.41, 5.74) is 2.55. The molecule has 0 radical (unpaired) electrons. The van der Waals surface area contributed by atoms with E-state index in [0.29, 0.717) is 0 Å². The molecule has 4 nitrogen and oxygen atoms in total. The minimum Gasteiger partial charge on any atom is -0.267 e. The Balaban J connectivity index is 2.47. The monoisotopic (exact) mass is 234 g/mol.